The lowest BCUT2D eigenvalue weighted by molar-refractivity contribution is -0.137. The van der Waals surface area contributed by atoms with E-state index in [2.05, 4.69) is 35.4 Å². The van der Waals surface area contributed by atoms with Gasteiger partial charge in [0.15, 0.2) is 0 Å². The van der Waals surface area contributed by atoms with Crippen molar-refractivity contribution >= 4 is 23.4 Å². The molecule has 1 aliphatic rings. The summed E-state index contributed by atoms with van der Waals surface area (Å²) in [7, 11) is 3.54. The molecule has 31 heavy (non-hydrogen) atoms. The second kappa shape index (κ2) is 8.09. The topological polar surface area (TPSA) is 53.9 Å². The number of nitrogens with one attached hydrogen (secondary N) is 1. The SMILES string of the molecule is COc1cc2c(cc1/C=N\NC(=O)c1cccc(C(F)(F)F)c1)C(C)=CC(C)(C)N2C. The number of carbonyl (C=O) groups excluding carboxylic acids is 1. The number of hydrogen-bond acceptors (Lipinski definition) is 4. The van der Waals surface area contributed by atoms with E-state index in [0.29, 0.717) is 11.3 Å². The molecule has 1 amide bonds. The first-order chi connectivity index (χ1) is 14.4. The van der Waals surface area contributed by atoms with Crippen molar-refractivity contribution in [1.29, 1.82) is 0 Å². The Kier molecular flexibility index (Phi) is 5.85. The van der Waals surface area contributed by atoms with Crippen molar-refractivity contribution in [3.63, 3.8) is 0 Å². The minimum Gasteiger partial charge on any atom is -0.496 e. The molecule has 0 radical (unpaired) electrons. The zero-order chi connectivity index (χ0) is 23.0. The molecular formula is C23H24F3N3O2. The highest BCUT2D eigenvalue weighted by Crippen LogP contribution is 2.40. The fourth-order valence-corrected chi connectivity index (χ4v) is 3.53. The Morgan fingerprint density at radius 1 is 1.23 bits per heavy atom. The minimum absolute atomic E-state index is 0.132. The molecule has 5 nitrogen and oxygen atoms in total. The average Bonchev–Trinajstić information content (AvgIpc) is 2.71. The summed E-state index contributed by atoms with van der Waals surface area (Å²) in [6.07, 6.45) is -0.945. The fourth-order valence-electron chi connectivity index (χ4n) is 3.53. The summed E-state index contributed by atoms with van der Waals surface area (Å²) in [5, 5.41) is 3.92. The zero-order valence-corrected chi connectivity index (χ0v) is 18.0. The Balaban J connectivity index is 1.85. The van der Waals surface area contributed by atoms with E-state index in [0.717, 1.165) is 29.0 Å². The van der Waals surface area contributed by atoms with Crippen LogP contribution in [0.1, 0.15) is 47.8 Å². The van der Waals surface area contributed by atoms with Gasteiger partial charge in [0.05, 0.1) is 24.4 Å². The molecule has 0 bridgehead atoms. The van der Waals surface area contributed by atoms with E-state index in [1.807, 2.05) is 26.1 Å². The number of methoxy groups -OCH3 is 1. The number of hydrazone groups is 1. The monoisotopic (exact) mass is 431 g/mol. The van der Waals surface area contributed by atoms with Gasteiger partial charge in [-0.15, -0.1) is 0 Å². The number of ether oxygens (including phenoxy) is 1. The van der Waals surface area contributed by atoms with Crippen molar-refractivity contribution in [2.75, 3.05) is 19.1 Å². The highest BCUT2D eigenvalue weighted by Gasteiger charge is 2.31. The largest absolute Gasteiger partial charge is 0.496 e. The first-order valence-electron chi connectivity index (χ1n) is 9.60. The molecule has 2 aromatic carbocycles. The smallest absolute Gasteiger partial charge is 0.416 e. The van der Waals surface area contributed by atoms with Crippen LogP contribution >= 0.6 is 0 Å². The van der Waals surface area contributed by atoms with Crippen LogP contribution in [0.25, 0.3) is 5.57 Å². The van der Waals surface area contributed by atoms with Gasteiger partial charge in [-0.05, 0) is 50.6 Å². The molecule has 164 valence electrons. The van der Waals surface area contributed by atoms with Gasteiger partial charge in [0.25, 0.3) is 5.91 Å². The van der Waals surface area contributed by atoms with Gasteiger partial charge < -0.3 is 9.64 Å². The molecule has 1 heterocycles. The van der Waals surface area contributed by atoms with Crippen LogP contribution in [0.15, 0.2) is 47.6 Å². The number of allylic oxidation sites excluding steroid dienone is 1. The lowest BCUT2D eigenvalue weighted by Gasteiger charge is -2.40. The van der Waals surface area contributed by atoms with E-state index < -0.39 is 17.6 Å². The maximum atomic E-state index is 12.8. The lowest BCUT2D eigenvalue weighted by atomic mass is 9.88. The van der Waals surface area contributed by atoms with Crippen LogP contribution in [0.5, 0.6) is 5.75 Å². The summed E-state index contributed by atoms with van der Waals surface area (Å²) in [5.41, 5.74) is 4.84. The maximum Gasteiger partial charge on any atom is 0.416 e. The Hall–Kier alpha value is -3.29. The predicted octanol–water partition coefficient (Wildman–Crippen LogP) is 5.11. The predicted molar refractivity (Wildman–Crippen MR) is 116 cm³/mol. The molecular weight excluding hydrogens is 407 g/mol. The zero-order valence-electron chi connectivity index (χ0n) is 18.0. The number of rotatable bonds is 4. The van der Waals surface area contributed by atoms with Gasteiger partial charge in [0.2, 0.25) is 0 Å². The van der Waals surface area contributed by atoms with Crippen LogP contribution in [0.3, 0.4) is 0 Å². The molecule has 0 saturated carbocycles. The normalized spacial score (nSPS) is 15.5. The summed E-state index contributed by atoms with van der Waals surface area (Å²) in [6.45, 7) is 6.26. The Morgan fingerprint density at radius 3 is 2.58 bits per heavy atom. The molecule has 3 rings (SSSR count). The van der Waals surface area contributed by atoms with Crippen LogP contribution in [-0.4, -0.2) is 31.8 Å². The quantitative estimate of drug-likeness (QED) is 0.541. The van der Waals surface area contributed by atoms with Crippen LogP contribution in [0.2, 0.25) is 0 Å². The molecule has 0 spiro atoms. The molecule has 0 fully saturated rings. The molecule has 8 heteroatoms. The molecule has 0 aromatic heterocycles. The van der Waals surface area contributed by atoms with Crippen LogP contribution in [0, 0.1) is 0 Å². The number of carbonyl (C=O) groups is 1. The molecule has 0 aliphatic carbocycles. The van der Waals surface area contributed by atoms with E-state index in [-0.39, 0.29) is 11.1 Å². The number of fused-ring (bicyclic) bond motifs is 1. The number of nitrogens with zero attached hydrogens (tertiary/aromatic N) is 2. The van der Waals surface area contributed by atoms with Gasteiger partial charge in [-0.3, -0.25) is 4.79 Å². The third-order valence-corrected chi connectivity index (χ3v) is 5.39. The van der Waals surface area contributed by atoms with Crippen LogP contribution in [-0.2, 0) is 6.18 Å². The second-order valence-corrected chi connectivity index (χ2v) is 7.93. The van der Waals surface area contributed by atoms with Crippen molar-refractivity contribution < 1.29 is 22.7 Å². The van der Waals surface area contributed by atoms with E-state index in [9.17, 15) is 18.0 Å². The van der Waals surface area contributed by atoms with Gasteiger partial charge in [-0.1, -0.05) is 12.1 Å². The molecule has 2 aromatic rings. The summed E-state index contributed by atoms with van der Waals surface area (Å²) in [4.78, 5) is 14.4. The number of hydrogen-bond donors (Lipinski definition) is 1. The first-order valence-corrected chi connectivity index (χ1v) is 9.60. The number of benzene rings is 2. The van der Waals surface area contributed by atoms with Crippen molar-refractivity contribution in [3.05, 3.63) is 64.7 Å². The Morgan fingerprint density at radius 2 is 1.94 bits per heavy atom. The molecule has 1 N–H and O–H groups in total. The summed E-state index contributed by atoms with van der Waals surface area (Å²) >= 11 is 0. The van der Waals surface area contributed by atoms with Gasteiger partial charge in [0.1, 0.15) is 5.75 Å². The number of anilines is 1. The maximum absolute atomic E-state index is 12.8. The number of likely N-dealkylation sites (N-methyl/N-ethyl adjacent to an activating group) is 1. The van der Waals surface area contributed by atoms with Crippen LogP contribution in [0.4, 0.5) is 18.9 Å². The number of halogens is 3. The fraction of sp³-hybridized carbons (Fsp3) is 0.304. The van der Waals surface area contributed by atoms with Gasteiger partial charge in [-0.25, -0.2) is 5.43 Å². The summed E-state index contributed by atoms with van der Waals surface area (Å²) < 4.78 is 44.0. The highest BCUT2D eigenvalue weighted by molar-refractivity contribution is 5.96. The molecule has 1 aliphatic heterocycles. The van der Waals surface area contributed by atoms with Crippen molar-refractivity contribution in [1.82, 2.24) is 5.43 Å². The van der Waals surface area contributed by atoms with Gasteiger partial charge in [-0.2, -0.15) is 18.3 Å². The van der Waals surface area contributed by atoms with Gasteiger partial charge in [0, 0.05) is 35.5 Å². The molecule has 0 atom stereocenters. The van der Waals surface area contributed by atoms with E-state index in [4.69, 9.17) is 4.74 Å². The Bertz CT molecular complexity index is 1070. The number of alkyl halides is 3. The minimum atomic E-state index is -4.52. The molecule has 0 unspecified atom stereocenters. The van der Waals surface area contributed by atoms with E-state index in [1.54, 1.807) is 0 Å². The highest BCUT2D eigenvalue weighted by atomic mass is 19.4. The lowest BCUT2D eigenvalue weighted by Crippen LogP contribution is -2.42. The Labute approximate surface area is 179 Å². The van der Waals surface area contributed by atoms with Crippen molar-refractivity contribution in [3.8, 4) is 5.75 Å². The third-order valence-electron chi connectivity index (χ3n) is 5.39. The van der Waals surface area contributed by atoms with E-state index in [1.165, 1.54) is 25.5 Å². The molecule has 0 saturated heterocycles. The summed E-state index contributed by atoms with van der Waals surface area (Å²) in [6, 6.07) is 7.99. The third kappa shape index (κ3) is 4.57. The second-order valence-electron chi connectivity index (χ2n) is 7.93. The van der Waals surface area contributed by atoms with Gasteiger partial charge >= 0.3 is 6.18 Å². The van der Waals surface area contributed by atoms with E-state index >= 15 is 0 Å². The summed E-state index contributed by atoms with van der Waals surface area (Å²) in [5.74, 6) is -0.176. The van der Waals surface area contributed by atoms with Crippen LogP contribution < -0.4 is 15.1 Å². The number of amides is 1. The first kappa shape index (κ1) is 22.4. The van der Waals surface area contributed by atoms with Crippen molar-refractivity contribution in [2.24, 2.45) is 5.10 Å². The average molecular weight is 431 g/mol. The standard InChI is InChI=1S/C23H24F3N3O2/c1-14-12-22(2,3)29(4)19-11-20(31-5)16(10-18(14)19)13-27-28-21(30)15-7-6-8-17(9-15)23(24,25)26/h6-13H,1-5H3,(H,28,30)/b27-13-. The van der Waals surface area contributed by atoms with Crippen molar-refractivity contribution in [2.45, 2.75) is 32.5 Å².